The second kappa shape index (κ2) is 8.80. The lowest BCUT2D eigenvalue weighted by Gasteiger charge is -2.28. The smallest absolute Gasteiger partial charge is 0.106 e. The standard InChI is InChI=1S/C24H18Br2N2/c25-21-15-7-13-19(27-21)23(17-9-3-1-4-10-17)24(18-11-5-2-6-12-18)20-14-8-16-22(26)28-20/h1-16,23-24H/t23-,24-/m0/s1. The molecule has 0 unspecified atom stereocenters. The van der Waals surface area contributed by atoms with E-state index in [0.717, 1.165) is 20.6 Å². The molecule has 0 saturated carbocycles. The molecule has 0 aliphatic rings. The highest BCUT2D eigenvalue weighted by Crippen LogP contribution is 2.42. The highest BCUT2D eigenvalue weighted by Gasteiger charge is 2.30. The lowest BCUT2D eigenvalue weighted by Crippen LogP contribution is -2.17. The SMILES string of the molecule is Brc1cccc([C@H](c2ccccc2)[C@@H](c2ccccc2)c2cccc(Br)n2)n1. The molecule has 138 valence electrons. The minimum Gasteiger partial charge on any atom is -0.245 e. The molecule has 0 amide bonds. The van der Waals surface area contributed by atoms with Crippen LogP contribution in [0.2, 0.25) is 0 Å². The maximum absolute atomic E-state index is 4.82. The van der Waals surface area contributed by atoms with Gasteiger partial charge in [-0.15, -0.1) is 0 Å². The number of hydrogen-bond acceptors (Lipinski definition) is 2. The Bertz CT molecular complexity index is 965. The quantitative estimate of drug-likeness (QED) is 0.280. The summed E-state index contributed by atoms with van der Waals surface area (Å²) in [6.45, 7) is 0. The normalized spacial score (nSPS) is 13.1. The Morgan fingerprint density at radius 3 is 1.21 bits per heavy atom. The van der Waals surface area contributed by atoms with Crippen molar-refractivity contribution in [1.82, 2.24) is 9.97 Å². The van der Waals surface area contributed by atoms with Crippen LogP contribution in [0.15, 0.2) is 106 Å². The van der Waals surface area contributed by atoms with E-state index in [1.165, 1.54) is 11.1 Å². The van der Waals surface area contributed by atoms with Crippen LogP contribution < -0.4 is 0 Å². The van der Waals surface area contributed by atoms with E-state index in [1.54, 1.807) is 0 Å². The van der Waals surface area contributed by atoms with E-state index in [1.807, 2.05) is 36.4 Å². The first-order chi connectivity index (χ1) is 13.7. The molecule has 0 radical (unpaired) electrons. The number of pyridine rings is 2. The van der Waals surface area contributed by atoms with Crippen molar-refractivity contribution in [1.29, 1.82) is 0 Å². The molecule has 4 rings (SSSR count). The van der Waals surface area contributed by atoms with E-state index in [4.69, 9.17) is 9.97 Å². The molecule has 0 fully saturated rings. The van der Waals surface area contributed by atoms with Gasteiger partial charge in [0.25, 0.3) is 0 Å². The van der Waals surface area contributed by atoms with Gasteiger partial charge in [0.2, 0.25) is 0 Å². The van der Waals surface area contributed by atoms with Crippen molar-refractivity contribution in [2.24, 2.45) is 0 Å². The molecule has 0 aliphatic heterocycles. The summed E-state index contributed by atoms with van der Waals surface area (Å²) in [5.74, 6) is 0.0609. The Kier molecular flexibility index (Phi) is 5.98. The Morgan fingerprint density at radius 2 is 0.857 bits per heavy atom. The van der Waals surface area contributed by atoms with Gasteiger partial charge in [-0.25, -0.2) is 9.97 Å². The van der Waals surface area contributed by atoms with Crippen molar-refractivity contribution in [3.63, 3.8) is 0 Å². The average Bonchev–Trinajstić information content (AvgIpc) is 2.73. The Balaban J connectivity index is 1.96. The van der Waals surface area contributed by atoms with Crippen molar-refractivity contribution in [2.45, 2.75) is 11.8 Å². The fraction of sp³-hybridized carbons (Fsp3) is 0.0833. The molecule has 28 heavy (non-hydrogen) atoms. The van der Waals surface area contributed by atoms with E-state index in [9.17, 15) is 0 Å². The van der Waals surface area contributed by atoms with Gasteiger partial charge in [0.15, 0.2) is 0 Å². The Labute approximate surface area is 182 Å². The Hall–Kier alpha value is -2.30. The van der Waals surface area contributed by atoms with Crippen LogP contribution in [0.4, 0.5) is 0 Å². The number of nitrogens with zero attached hydrogens (tertiary/aromatic N) is 2. The third-order valence-corrected chi connectivity index (χ3v) is 5.64. The highest BCUT2D eigenvalue weighted by molar-refractivity contribution is 9.10. The molecule has 2 heterocycles. The molecule has 2 aromatic heterocycles. The van der Waals surface area contributed by atoms with E-state index < -0.39 is 0 Å². The van der Waals surface area contributed by atoms with E-state index in [2.05, 4.69) is 92.5 Å². The largest absolute Gasteiger partial charge is 0.245 e. The van der Waals surface area contributed by atoms with Gasteiger partial charge in [0.1, 0.15) is 9.21 Å². The summed E-state index contributed by atoms with van der Waals surface area (Å²) in [6.07, 6.45) is 0. The fourth-order valence-corrected chi connectivity index (χ4v) is 4.30. The van der Waals surface area contributed by atoms with Crippen molar-refractivity contribution >= 4 is 31.9 Å². The van der Waals surface area contributed by atoms with Crippen LogP contribution in [-0.2, 0) is 0 Å². The van der Waals surface area contributed by atoms with Crippen LogP contribution in [0.3, 0.4) is 0 Å². The molecule has 2 atom stereocenters. The summed E-state index contributed by atoms with van der Waals surface area (Å²) in [7, 11) is 0. The van der Waals surface area contributed by atoms with Crippen LogP contribution in [0.1, 0.15) is 34.4 Å². The summed E-state index contributed by atoms with van der Waals surface area (Å²) < 4.78 is 1.67. The van der Waals surface area contributed by atoms with Crippen molar-refractivity contribution < 1.29 is 0 Å². The third-order valence-electron chi connectivity index (χ3n) is 4.76. The molecule has 2 aromatic carbocycles. The first kappa shape index (κ1) is 19.0. The zero-order valence-electron chi connectivity index (χ0n) is 15.0. The minimum atomic E-state index is 0.0305. The zero-order chi connectivity index (χ0) is 19.3. The fourth-order valence-electron chi connectivity index (χ4n) is 3.58. The van der Waals surface area contributed by atoms with Gasteiger partial charge >= 0.3 is 0 Å². The summed E-state index contributed by atoms with van der Waals surface area (Å²) in [6, 6.07) is 33.3. The van der Waals surface area contributed by atoms with E-state index in [-0.39, 0.29) is 11.8 Å². The number of benzene rings is 2. The van der Waals surface area contributed by atoms with Gasteiger partial charge in [0, 0.05) is 11.8 Å². The molecule has 2 nitrogen and oxygen atoms in total. The first-order valence-corrected chi connectivity index (χ1v) is 10.7. The minimum absolute atomic E-state index is 0.0305. The van der Waals surface area contributed by atoms with Gasteiger partial charge in [-0.3, -0.25) is 0 Å². The second-order valence-corrected chi connectivity index (χ2v) is 8.17. The summed E-state index contributed by atoms with van der Waals surface area (Å²) >= 11 is 7.08. The second-order valence-electron chi connectivity index (χ2n) is 6.55. The van der Waals surface area contributed by atoms with Crippen LogP contribution in [0, 0.1) is 0 Å². The first-order valence-electron chi connectivity index (χ1n) is 9.07. The van der Waals surface area contributed by atoms with Gasteiger partial charge in [-0.1, -0.05) is 72.8 Å². The van der Waals surface area contributed by atoms with Crippen LogP contribution in [0.25, 0.3) is 0 Å². The predicted molar refractivity (Wildman–Crippen MR) is 120 cm³/mol. The number of aromatic nitrogens is 2. The molecular formula is C24H18Br2N2. The molecule has 4 heteroatoms. The number of halogens is 2. The van der Waals surface area contributed by atoms with Crippen molar-refractivity contribution in [3.05, 3.63) is 129 Å². The monoisotopic (exact) mass is 492 g/mol. The molecule has 4 aromatic rings. The molecule has 0 saturated heterocycles. The number of rotatable bonds is 5. The van der Waals surface area contributed by atoms with Gasteiger partial charge < -0.3 is 0 Å². The third kappa shape index (κ3) is 4.23. The maximum atomic E-state index is 4.82. The highest BCUT2D eigenvalue weighted by atomic mass is 79.9. The van der Waals surface area contributed by atoms with Gasteiger partial charge in [-0.05, 0) is 67.3 Å². The van der Waals surface area contributed by atoms with Crippen LogP contribution in [-0.4, -0.2) is 9.97 Å². The van der Waals surface area contributed by atoms with Crippen molar-refractivity contribution in [3.8, 4) is 0 Å². The number of hydrogen-bond donors (Lipinski definition) is 0. The van der Waals surface area contributed by atoms with Gasteiger partial charge in [-0.2, -0.15) is 0 Å². The molecule has 0 bridgehead atoms. The predicted octanol–water partition coefficient (Wildman–Crippen LogP) is 6.97. The lowest BCUT2D eigenvalue weighted by atomic mass is 9.77. The molecule has 0 aliphatic carbocycles. The summed E-state index contributed by atoms with van der Waals surface area (Å²) in [5.41, 5.74) is 4.44. The molecular weight excluding hydrogens is 476 g/mol. The van der Waals surface area contributed by atoms with Crippen LogP contribution in [0.5, 0.6) is 0 Å². The van der Waals surface area contributed by atoms with Crippen molar-refractivity contribution in [2.75, 3.05) is 0 Å². The topological polar surface area (TPSA) is 25.8 Å². The van der Waals surface area contributed by atoms with Crippen LogP contribution >= 0.6 is 31.9 Å². The molecule has 0 spiro atoms. The lowest BCUT2D eigenvalue weighted by molar-refractivity contribution is 0.655. The summed E-state index contributed by atoms with van der Waals surface area (Å²) in [5, 5.41) is 0. The summed E-state index contributed by atoms with van der Waals surface area (Å²) in [4.78, 5) is 9.64. The van der Waals surface area contributed by atoms with E-state index in [0.29, 0.717) is 0 Å². The zero-order valence-corrected chi connectivity index (χ0v) is 18.2. The Morgan fingerprint density at radius 1 is 0.464 bits per heavy atom. The maximum Gasteiger partial charge on any atom is 0.106 e. The van der Waals surface area contributed by atoms with E-state index >= 15 is 0 Å². The molecule has 0 N–H and O–H groups in total. The average molecular weight is 494 g/mol. The van der Waals surface area contributed by atoms with Gasteiger partial charge in [0.05, 0.1) is 11.4 Å².